The Morgan fingerprint density at radius 1 is 1.00 bits per heavy atom. The lowest BCUT2D eigenvalue weighted by atomic mass is 10.1. The SMILES string of the molecule is Cl.O=C(CCC(=O)c1ccc(Cl)cc1)NCc1ccc2c(c1)CNC2. The van der Waals surface area contributed by atoms with Crippen molar-refractivity contribution in [1.82, 2.24) is 10.6 Å². The van der Waals surface area contributed by atoms with E-state index in [1.54, 1.807) is 24.3 Å². The van der Waals surface area contributed by atoms with Crippen molar-refractivity contribution in [2.75, 3.05) is 0 Å². The summed E-state index contributed by atoms with van der Waals surface area (Å²) in [5.74, 6) is -0.165. The molecule has 6 heteroatoms. The minimum absolute atomic E-state index is 0. The zero-order chi connectivity index (χ0) is 16.9. The van der Waals surface area contributed by atoms with E-state index in [2.05, 4.69) is 22.8 Å². The molecule has 0 fully saturated rings. The van der Waals surface area contributed by atoms with Crippen molar-refractivity contribution in [1.29, 1.82) is 0 Å². The summed E-state index contributed by atoms with van der Waals surface area (Å²) < 4.78 is 0. The van der Waals surface area contributed by atoms with Crippen molar-refractivity contribution in [3.8, 4) is 0 Å². The topological polar surface area (TPSA) is 58.2 Å². The molecule has 2 aromatic carbocycles. The molecule has 0 aliphatic carbocycles. The van der Waals surface area contributed by atoms with Crippen LogP contribution in [0.5, 0.6) is 0 Å². The Morgan fingerprint density at radius 2 is 1.72 bits per heavy atom. The molecular formula is C19H20Cl2N2O2. The van der Waals surface area contributed by atoms with Crippen molar-refractivity contribution in [3.63, 3.8) is 0 Å². The number of carbonyl (C=O) groups excluding carboxylic acids is 2. The third-order valence-corrected chi connectivity index (χ3v) is 4.39. The average Bonchev–Trinajstić information content (AvgIpc) is 3.06. The van der Waals surface area contributed by atoms with Gasteiger partial charge < -0.3 is 10.6 Å². The largest absolute Gasteiger partial charge is 0.352 e. The van der Waals surface area contributed by atoms with Crippen molar-refractivity contribution >= 4 is 35.7 Å². The first-order chi connectivity index (χ1) is 11.6. The molecule has 2 N–H and O–H groups in total. The molecule has 0 bridgehead atoms. The summed E-state index contributed by atoms with van der Waals surface area (Å²) >= 11 is 5.80. The van der Waals surface area contributed by atoms with Gasteiger partial charge in [-0.15, -0.1) is 12.4 Å². The molecular weight excluding hydrogens is 359 g/mol. The highest BCUT2D eigenvalue weighted by Crippen LogP contribution is 2.17. The number of amides is 1. The number of benzene rings is 2. The first-order valence-corrected chi connectivity index (χ1v) is 8.36. The van der Waals surface area contributed by atoms with E-state index in [9.17, 15) is 9.59 Å². The summed E-state index contributed by atoms with van der Waals surface area (Å²) in [5, 5.41) is 6.76. The van der Waals surface area contributed by atoms with Gasteiger partial charge in [0.2, 0.25) is 5.91 Å². The third-order valence-electron chi connectivity index (χ3n) is 4.14. The van der Waals surface area contributed by atoms with Gasteiger partial charge in [-0.25, -0.2) is 0 Å². The second-order valence-electron chi connectivity index (χ2n) is 5.91. The zero-order valence-corrected chi connectivity index (χ0v) is 15.3. The minimum Gasteiger partial charge on any atom is -0.352 e. The van der Waals surface area contributed by atoms with E-state index in [0.29, 0.717) is 17.1 Å². The van der Waals surface area contributed by atoms with Gasteiger partial charge in [0, 0.05) is 43.1 Å². The summed E-state index contributed by atoms with van der Waals surface area (Å²) in [6, 6.07) is 13.0. The van der Waals surface area contributed by atoms with E-state index >= 15 is 0 Å². The van der Waals surface area contributed by atoms with Crippen LogP contribution in [-0.4, -0.2) is 11.7 Å². The number of hydrogen-bond donors (Lipinski definition) is 2. The summed E-state index contributed by atoms with van der Waals surface area (Å²) in [4.78, 5) is 24.0. The Morgan fingerprint density at radius 3 is 2.48 bits per heavy atom. The van der Waals surface area contributed by atoms with Crippen LogP contribution in [0, 0.1) is 0 Å². The second kappa shape index (κ2) is 8.99. The summed E-state index contributed by atoms with van der Waals surface area (Å²) in [5.41, 5.74) is 4.27. The van der Waals surface area contributed by atoms with Crippen LogP contribution in [0.2, 0.25) is 5.02 Å². The fraction of sp³-hybridized carbons (Fsp3) is 0.263. The van der Waals surface area contributed by atoms with E-state index in [0.717, 1.165) is 18.7 Å². The van der Waals surface area contributed by atoms with Crippen molar-refractivity contribution in [2.45, 2.75) is 32.5 Å². The Labute approximate surface area is 158 Å². The van der Waals surface area contributed by atoms with Crippen LogP contribution in [0.1, 0.15) is 39.9 Å². The first-order valence-electron chi connectivity index (χ1n) is 7.99. The number of carbonyl (C=O) groups is 2. The molecule has 0 aromatic heterocycles. The molecule has 0 radical (unpaired) electrons. The molecule has 1 aliphatic heterocycles. The van der Waals surface area contributed by atoms with Crippen LogP contribution in [0.15, 0.2) is 42.5 Å². The number of hydrogen-bond acceptors (Lipinski definition) is 3. The number of fused-ring (bicyclic) bond motifs is 1. The van der Waals surface area contributed by atoms with Crippen LogP contribution >= 0.6 is 24.0 Å². The van der Waals surface area contributed by atoms with Crippen LogP contribution in [0.25, 0.3) is 0 Å². The molecule has 4 nitrogen and oxygen atoms in total. The van der Waals surface area contributed by atoms with Gasteiger partial charge >= 0.3 is 0 Å². The molecule has 132 valence electrons. The van der Waals surface area contributed by atoms with Gasteiger partial charge in [-0.05, 0) is 41.0 Å². The molecule has 3 rings (SSSR count). The highest BCUT2D eigenvalue weighted by Gasteiger charge is 2.11. The molecule has 1 heterocycles. The van der Waals surface area contributed by atoms with Crippen LogP contribution in [0.4, 0.5) is 0 Å². The summed E-state index contributed by atoms with van der Waals surface area (Å²) in [6.45, 7) is 2.28. The van der Waals surface area contributed by atoms with E-state index in [1.165, 1.54) is 11.1 Å². The highest BCUT2D eigenvalue weighted by molar-refractivity contribution is 6.30. The van der Waals surface area contributed by atoms with Crippen LogP contribution in [-0.2, 0) is 24.4 Å². The van der Waals surface area contributed by atoms with Gasteiger partial charge in [-0.3, -0.25) is 9.59 Å². The highest BCUT2D eigenvalue weighted by atomic mass is 35.5. The normalized spacial score (nSPS) is 12.2. The number of ketones is 1. The predicted molar refractivity (Wildman–Crippen MR) is 101 cm³/mol. The molecule has 25 heavy (non-hydrogen) atoms. The molecule has 0 unspecified atom stereocenters. The standard InChI is InChI=1S/C19H19ClN2O2.ClH/c20-17-5-3-14(4-6-17)18(23)7-8-19(24)22-10-13-1-2-15-11-21-12-16(15)9-13;/h1-6,9,21H,7-8,10-12H2,(H,22,24);1H. The number of rotatable bonds is 6. The first kappa shape index (κ1) is 19.4. The number of halogens is 2. The Hall–Kier alpha value is -1.88. The van der Waals surface area contributed by atoms with Crippen LogP contribution in [0.3, 0.4) is 0 Å². The average molecular weight is 379 g/mol. The molecule has 0 spiro atoms. The van der Waals surface area contributed by atoms with Crippen LogP contribution < -0.4 is 10.6 Å². The smallest absolute Gasteiger partial charge is 0.220 e. The summed E-state index contributed by atoms with van der Waals surface area (Å²) in [6.07, 6.45) is 0.384. The lowest BCUT2D eigenvalue weighted by molar-refractivity contribution is -0.121. The predicted octanol–water partition coefficient (Wildman–Crippen LogP) is 3.64. The monoisotopic (exact) mass is 378 g/mol. The van der Waals surface area contributed by atoms with Gasteiger partial charge in [0.05, 0.1) is 0 Å². The van der Waals surface area contributed by atoms with E-state index < -0.39 is 0 Å². The fourth-order valence-electron chi connectivity index (χ4n) is 2.75. The maximum atomic E-state index is 12.0. The lowest BCUT2D eigenvalue weighted by Gasteiger charge is -2.07. The third kappa shape index (κ3) is 5.30. The van der Waals surface area contributed by atoms with E-state index in [1.807, 2.05) is 6.07 Å². The minimum atomic E-state index is -0.115. The summed E-state index contributed by atoms with van der Waals surface area (Å²) in [7, 11) is 0. The molecule has 0 saturated carbocycles. The van der Waals surface area contributed by atoms with Gasteiger partial charge in [-0.1, -0.05) is 29.8 Å². The van der Waals surface area contributed by atoms with Crippen molar-refractivity contribution in [2.24, 2.45) is 0 Å². The van der Waals surface area contributed by atoms with Gasteiger partial charge in [0.1, 0.15) is 0 Å². The number of Topliss-reactive ketones (excluding diaryl/α,β-unsaturated/α-hetero) is 1. The second-order valence-corrected chi connectivity index (χ2v) is 6.35. The molecule has 0 saturated heterocycles. The van der Waals surface area contributed by atoms with E-state index in [-0.39, 0.29) is 36.9 Å². The van der Waals surface area contributed by atoms with Gasteiger partial charge in [0.25, 0.3) is 0 Å². The van der Waals surface area contributed by atoms with Crippen molar-refractivity contribution in [3.05, 3.63) is 69.7 Å². The maximum Gasteiger partial charge on any atom is 0.220 e. The Bertz CT molecular complexity index is 761. The maximum absolute atomic E-state index is 12.0. The number of nitrogens with one attached hydrogen (secondary N) is 2. The Kier molecular flexibility index (Phi) is 7.00. The lowest BCUT2D eigenvalue weighted by Crippen LogP contribution is -2.23. The Balaban J connectivity index is 0.00000225. The van der Waals surface area contributed by atoms with E-state index in [4.69, 9.17) is 11.6 Å². The molecule has 1 aliphatic rings. The molecule has 2 aromatic rings. The van der Waals surface area contributed by atoms with Gasteiger partial charge in [-0.2, -0.15) is 0 Å². The fourth-order valence-corrected chi connectivity index (χ4v) is 2.88. The van der Waals surface area contributed by atoms with Crippen molar-refractivity contribution < 1.29 is 9.59 Å². The zero-order valence-electron chi connectivity index (χ0n) is 13.7. The quantitative estimate of drug-likeness (QED) is 0.754. The molecule has 1 amide bonds. The van der Waals surface area contributed by atoms with Gasteiger partial charge in [0.15, 0.2) is 5.78 Å². The molecule has 0 atom stereocenters.